The minimum absolute atomic E-state index is 0.0375. The first-order valence-electron chi connectivity index (χ1n) is 9.06. The summed E-state index contributed by atoms with van der Waals surface area (Å²) in [4.78, 5) is 4.87. The number of tetrazole rings is 1. The number of aromatic nitrogens is 4. The average Bonchev–Trinajstić information content (AvgIpc) is 3.14. The quantitative estimate of drug-likeness (QED) is 0.871. The molecule has 0 saturated carbocycles. The van der Waals surface area contributed by atoms with Crippen molar-refractivity contribution in [1.82, 2.24) is 30.4 Å². The van der Waals surface area contributed by atoms with E-state index in [0.29, 0.717) is 5.82 Å². The van der Waals surface area contributed by atoms with Gasteiger partial charge < -0.3 is 10.0 Å². The lowest BCUT2D eigenvalue weighted by molar-refractivity contribution is -0.0807. The first kappa shape index (κ1) is 16.6. The Morgan fingerprint density at radius 2 is 2.08 bits per heavy atom. The molecule has 0 radical (unpaired) electrons. The summed E-state index contributed by atoms with van der Waals surface area (Å²) < 4.78 is 0. The predicted octanol–water partition coefficient (Wildman–Crippen LogP) is 1.15. The van der Waals surface area contributed by atoms with Gasteiger partial charge in [0.05, 0.1) is 6.10 Å². The molecule has 0 amide bonds. The summed E-state index contributed by atoms with van der Waals surface area (Å²) in [5.74, 6) is 0.622. The minimum Gasteiger partial charge on any atom is -0.392 e. The molecular formula is C18H26N6O. The Kier molecular flexibility index (Phi) is 4.54. The van der Waals surface area contributed by atoms with Gasteiger partial charge in [-0.3, -0.25) is 4.90 Å². The van der Waals surface area contributed by atoms with Gasteiger partial charge in [-0.1, -0.05) is 24.3 Å². The molecule has 2 N–H and O–H groups in total. The van der Waals surface area contributed by atoms with E-state index in [1.807, 2.05) is 12.1 Å². The summed E-state index contributed by atoms with van der Waals surface area (Å²) in [6.07, 6.45) is 3.01. The normalized spacial score (nSPS) is 28.5. The molecule has 7 nitrogen and oxygen atoms in total. The Labute approximate surface area is 148 Å². The van der Waals surface area contributed by atoms with Crippen LogP contribution in [-0.2, 0) is 6.54 Å². The topological polar surface area (TPSA) is 81.2 Å². The Balaban J connectivity index is 1.44. The van der Waals surface area contributed by atoms with Gasteiger partial charge in [-0.2, -0.15) is 5.21 Å². The smallest absolute Gasteiger partial charge is 0.204 e. The molecule has 25 heavy (non-hydrogen) atoms. The lowest BCUT2D eigenvalue weighted by atomic mass is 9.71. The van der Waals surface area contributed by atoms with Crippen molar-refractivity contribution in [3.05, 3.63) is 29.8 Å². The third-order valence-electron chi connectivity index (χ3n) is 5.73. The van der Waals surface area contributed by atoms with Crippen molar-refractivity contribution in [1.29, 1.82) is 0 Å². The molecule has 134 valence electrons. The number of aliphatic hydroxyl groups excluding tert-OH is 1. The third-order valence-corrected chi connectivity index (χ3v) is 5.73. The second-order valence-corrected chi connectivity index (χ2v) is 7.65. The standard InChI is InChI=1S/C18H26N6O/c1-23-10-7-16(25)18(12-23)8-2-9-24(13-18)11-14-3-5-15(6-4-14)17-19-21-22-20-17/h3-6,16,25H,2,7-13H2,1H3,(H,19,20,21,22)/t16-,18-/m0/s1. The number of nitrogens with zero attached hydrogens (tertiary/aromatic N) is 5. The zero-order valence-electron chi connectivity index (χ0n) is 14.7. The molecule has 4 rings (SSSR count). The molecule has 1 aromatic heterocycles. The second kappa shape index (κ2) is 6.82. The van der Waals surface area contributed by atoms with E-state index in [-0.39, 0.29) is 11.5 Å². The van der Waals surface area contributed by atoms with E-state index < -0.39 is 0 Å². The number of benzene rings is 1. The first-order valence-corrected chi connectivity index (χ1v) is 9.06. The molecule has 0 bridgehead atoms. The Hall–Kier alpha value is -1.83. The van der Waals surface area contributed by atoms with Gasteiger partial charge in [0.25, 0.3) is 0 Å². The van der Waals surface area contributed by atoms with Crippen LogP contribution in [0.1, 0.15) is 24.8 Å². The number of piperidine rings is 2. The highest BCUT2D eigenvalue weighted by atomic mass is 16.3. The number of aliphatic hydroxyl groups is 1. The van der Waals surface area contributed by atoms with Gasteiger partial charge in [0.15, 0.2) is 0 Å². The molecule has 2 aliphatic heterocycles. The molecule has 3 heterocycles. The van der Waals surface area contributed by atoms with Crippen LogP contribution < -0.4 is 0 Å². The molecule has 2 aromatic rings. The van der Waals surface area contributed by atoms with Crippen LogP contribution >= 0.6 is 0 Å². The first-order chi connectivity index (χ1) is 12.1. The van der Waals surface area contributed by atoms with E-state index in [1.54, 1.807) is 0 Å². The van der Waals surface area contributed by atoms with Gasteiger partial charge in [0.1, 0.15) is 0 Å². The molecule has 0 aliphatic carbocycles. The fourth-order valence-corrected chi connectivity index (χ4v) is 4.47. The van der Waals surface area contributed by atoms with E-state index in [1.165, 1.54) is 5.56 Å². The van der Waals surface area contributed by atoms with Crippen molar-refractivity contribution < 1.29 is 5.11 Å². The van der Waals surface area contributed by atoms with E-state index in [2.05, 4.69) is 49.6 Å². The fraction of sp³-hybridized carbons (Fsp3) is 0.611. The van der Waals surface area contributed by atoms with E-state index in [4.69, 9.17) is 0 Å². The number of hydrogen-bond acceptors (Lipinski definition) is 6. The SMILES string of the molecule is CN1CC[C@H](O)[C@@]2(CCCN(Cc3ccc(-c4nn[nH]n4)cc3)C2)C1. The van der Waals surface area contributed by atoms with Crippen LogP contribution in [0.5, 0.6) is 0 Å². The van der Waals surface area contributed by atoms with Crippen LogP contribution in [0.3, 0.4) is 0 Å². The molecule has 2 atom stereocenters. The number of nitrogens with one attached hydrogen (secondary N) is 1. The van der Waals surface area contributed by atoms with Crippen LogP contribution in [0.2, 0.25) is 0 Å². The van der Waals surface area contributed by atoms with Gasteiger partial charge in [-0.25, -0.2) is 0 Å². The van der Waals surface area contributed by atoms with Crippen LogP contribution in [0.15, 0.2) is 24.3 Å². The van der Waals surface area contributed by atoms with Crippen LogP contribution in [0, 0.1) is 5.41 Å². The highest BCUT2D eigenvalue weighted by molar-refractivity contribution is 5.54. The van der Waals surface area contributed by atoms with Gasteiger partial charge >= 0.3 is 0 Å². The van der Waals surface area contributed by atoms with Gasteiger partial charge in [-0.05, 0) is 43.6 Å². The Morgan fingerprint density at radius 1 is 1.24 bits per heavy atom. The largest absolute Gasteiger partial charge is 0.392 e. The van der Waals surface area contributed by atoms with Crippen molar-refractivity contribution in [3.63, 3.8) is 0 Å². The number of hydrogen-bond donors (Lipinski definition) is 2. The van der Waals surface area contributed by atoms with Crippen molar-refractivity contribution in [3.8, 4) is 11.4 Å². The van der Waals surface area contributed by atoms with Crippen molar-refractivity contribution in [2.45, 2.75) is 31.9 Å². The summed E-state index contributed by atoms with van der Waals surface area (Å²) in [5.41, 5.74) is 2.29. The van der Waals surface area contributed by atoms with Crippen molar-refractivity contribution >= 4 is 0 Å². The molecule has 1 aromatic carbocycles. The minimum atomic E-state index is -0.174. The van der Waals surface area contributed by atoms with Gasteiger partial charge in [0, 0.05) is 37.2 Å². The third kappa shape index (κ3) is 3.44. The Morgan fingerprint density at radius 3 is 2.84 bits per heavy atom. The van der Waals surface area contributed by atoms with E-state index in [9.17, 15) is 5.11 Å². The predicted molar refractivity (Wildman–Crippen MR) is 94.7 cm³/mol. The van der Waals surface area contributed by atoms with E-state index in [0.717, 1.165) is 57.5 Å². The maximum Gasteiger partial charge on any atom is 0.204 e. The molecule has 1 spiro atoms. The molecule has 2 aliphatic rings. The monoisotopic (exact) mass is 342 g/mol. The maximum absolute atomic E-state index is 10.7. The van der Waals surface area contributed by atoms with E-state index >= 15 is 0 Å². The molecule has 7 heteroatoms. The highest BCUT2D eigenvalue weighted by Gasteiger charge is 2.44. The molecule has 0 unspecified atom stereocenters. The van der Waals surface area contributed by atoms with Crippen molar-refractivity contribution in [2.75, 3.05) is 33.2 Å². The molecular weight excluding hydrogens is 316 g/mol. The summed E-state index contributed by atoms with van der Waals surface area (Å²) in [6, 6.07) is 8.36. The van der Waals surface area contributed by atoms with Crippen LogP contribution in [-0.4, -0.2) is 74.9 Å². The maximum atomic E-state index is 10.7. The number of rotatable bonds is 3. The van der Waals surface area contributed by atoms with Gasteiger partial charge in [0.2, 0.25) is 5.82 Å². The van der Waals surface area contributed by atoms with Gasteiger partial charge in [-0.15, -0.1) is 10.2 Å². The van der Waals surface area contributed by atoms with Crippen molar-refractivity contribution in [2.24, 2.45) is 5.41 Å². The summed E-state index contributed by atoms with van der Waals surface area (Å²) in [6.45, 7) is 5.00. The lowest BCUT2D eigenvalue weighted by Gasteiger charge is -2.50. The molecule has 2 saturated heterocycles. The number of aromatic amines is 1. The fourth-order valence-electron chi connectivity index (χ4n) is 4.47. The zero-order chi connectivity index (χ0) is 17.3. The Bertz CT molecular complexity index is 688. The summed E-state index contributed by atoms with van der Waals surface area (Å²) in [7, 11) is 2.17. The highest BCUT2D eigenvalue weighted by Crippen LogP contribution is 2.38. The van der Waals surface area contributed by atoms with Crippen LogP contribution in [0.25, 0.3) is 11.4 Å². The zero-order valence-corrected chi connectivity index (χ0v) is 14.7. The second-order valence-electron chi connectivity index (χ2n) is 7.65. The lowest BCUT2D eigenvalue weighted by Crippen LogP contribution is -2.58. The number of likely N-dealkylation sites (tertiary alicyclic amines) is 2. The molecule has 2 fully saturated rings. The average molecular weight is 342 g/mol. The van der Waals surface area contributed by atoms with Crippen LogP contribution in [0.4, 0.5) is 0 Å². The summed E-state index contributed by atoms with van der Waals surface area (Å²) >= 11 is 0. The summed E-state index contributed by atoms with van der Waals surface area (Å²) in [5, 5.41) is 24.8. The number of H-pyrrole nitrogens is 1.